The van der Waals surface area contributed by atoms with Crippen molar-refractivity contribution in [1.29, 1.82) is 0 Å². The van der Waals surface area contributed by atoms with Crippen LogP contribution in [0.15, 0.2) is 0 Å². The maximum absolute atomic E-state index is 12.0. The topological polar surface area (TPSA) is 44.8 Å². The van der Waals surface area contributed by atoms with Crippen LogP contribution in [0.25, 0.3) is 0 Å². The molecule has 1 N–H and O–H groups in total. The van der Waals surface area contributed by atoms with Crippen LogP contribution in [0.5, 0.6) is 0 Å². The summed E-state index contributed by atoms with van der Waals surface area (Å²) < 4.78 is 5.76. The fraction of sp³-hybridized carbons (Fsp3) is 0.929. The third-order valence-corrected chi connectivity index (χ3v) is 3.99. The highest BCUT2D eigenvalue weighted by molar-refractivity contribution is 5.78. The number of nitrogens with zero attached hydrogens (tertiary/aromatic N) is 2. The first-order chi connectivity index (χ1) is 9.10. The summed E-state index contributed by atoms with van der Waals surface area (Å²) in [6, 6.07) is 0.387. The average molecular weight is 269 g/mol. The maximum atomic E-state index is 12.0. The van der Waals surface area contributed by atoms with Crippen LogP contribution in [0, 0.1) is 0 Å². The first-order valence-corrected chi connectivity index (χ1v) is 7.42. The summed E-state index contributed by atoms with van der Waals surface area (Å²) in [4.78, 5) is 16.6. The minimum atomic E-state index is 0.236. The number of nitrogens with one attached hydrogen (secondary N) is 1. The van der Waals surface area contributed by atoms with Crippen LogP contribution in [0.1, 0.15) is 26.7 Å². The lowest BCUT2D eigenvalue weighted by molar-refractivity contribution is -0.131. The quantitative estimate of drug-likeness (QED) is 0.797. The zero-order chi connectivity index (χ0) is 13.8. The van der Waals surface area contributed by atoms with Crippen LogP contribution in [-0.2, 0) is 9.53 Å². The molecule has 2 heterocycles. The molecular formula is C14H27N3O2. The Morgan fingerprint density at radius 3 is 2.63 bits per heavy atom. The van der Waals surface area contributed by atoms with Crippen molar-refractivity contribution < 1.29 is 9.53 Å². The number of carbonyl (C=O) groups excluding carboxylic acids is 1. The Balaban J connectivity index is 1.88. The standard InChI is InChI=1S/C14H27N3O2/c1-11-8-16(9-12(2)19-11)10-13-5-4-6-17(13)14(18)7-15-3/h11-13,15H,4-10H2,1-3H3/t11-,12+,13-/m1/s1. The summed E-state index contributed by atoms with van der Waals surface area (Å²) in [5, 5.41) is 2.96. The summed E-state index contributed by atoms with van der Waals surface area (Å²) in [7, 11) is 1.83. The molecule has 0 saturated carbocycles. The molecule has 2 fully saturated rings. The molecule has 5 nitrogen and oxygen atoms in total. The molecule has 0 aliphatic carbocycles. The highest BCUT2D eigenvalue weighted by Crippen LogP contribution is 2.20. The van der Waals surface area contributed by atoms with Crippen LogP contribution < -0.4 is 5.32 Å². The lowest BCUT2D eigenvalue weighted by Crippen LogP contribution is -2.51. The van der Waals surface area contributed by atoms with Gasteiger partial charge in [-0.3, -0.25) is 9.69 Å². The van der Waals surface area contributed by atoms with Crippen molar-refractivity contribution in [3.63, 3.8) is 0 Å². The molecule has 0 unspecified atom stereocenters. The Bertz CT molecular complexity index is 301. The molecular weight excluding hydrogens is 242 g/mol. The van der Waals surface area contributed by atoms with Crippen molar-refractivity contribution in [1.82, 2.24) is 15.1 Å². The summed E-state index contributed by atoms with van der Waals surface area (Å²) >= 11 is 0. The predicted octanol–water partition coefficient (Wildman–Crippen LogP) is 0.306. The molecule has 0 bridgehead atoms. The molecule has 2 aliphatic rings. The fourth-order valence-electron chi connectivity index (χ4n) is 3.34. The van der Waals surface area contributed by atoms with Crippen molar-refractivity contribution >= 4 is 5.91 Å². The van der Waals surface area contributed by atoms with Gasteiger partial charge in [-0.1, -0.05) is 0 Å². The first kappa shape index (κ1) is 14.8. The van der Waals surface area contributed by atoms with E-state index in [2.05, 4.69) is 29.0 Å². The Labute approximate surface area is 116 Å². The summed E-state index contributed by atoms with van der Waals surface area (Å²) in [6.45, 7) is 8.58. The normalized spacial score (nSPS) is 32.8. The van der Waals surface area contributed by atoms with Crippen LogP contribution >= 0.6 is 0 Å². The van der Waals surface area contributed by atoms with E-state index in [1.54, 1.807) is 0 Å². The van der Waals surface area contributed by atoms with Crippen molar-refractivity contribution in [2.24, 2.45) is 0 Å². The SMILES string of the molecule is CNCC(=O)N1CCC[C@@H]1CN1C[C@@H](C)O[C@@H](C)C1. The molecule has 19 heavy (non-hydrogen) atoms. The monoisotopic (exact) mass is 269 g/mol. The number of carbonyl (C=O) groups is 1. The molecule has 2 rings (SSSR count). The molecule has 5 heteroatoms. The van der Waals surface area contributed by atoms with Crippen LogP contribution in [0.3, 0.4) is 0 Å². The van der Waals surface area contributed by atoms with E-state index < -0.39 is 0 Å². The van der Waals surface area contributed by atoms with Crippen LogP contribution in [0.2, 0.25) is 0 Å². The molecule has 1 amide bonds. The minimum absolute atomic E-state index is 0.236. The Hall–Kier alpha value is -0.650. The Morgan fingerprint density at radius 2 is 2.00 bits per heavy atom. The Kier molecular flexibility index (Phi) is 5.19. The lowest BCUT2D eigenvalue weighted by Gasteiger charge is -2.38. The Morgan fingerprint density at radius 1 is 1.32 bits per heavy atom. The van der Waals surface area contributed by atoms with Crippen LogP contribution in [-0.4, -0.2) is 73.7 Å². The van der Waals surface area contributed by atoms with Gasteiger partial charge >= 0.3 is 0 Å². The van der Waals surface area contributed by atoms with E-state index in [-0.39, 0.29) is 5.91 Å². The first-order valence-electron chi connectivity index (χ1n) is 7.42. The molecule has 0 aromatic heterocycles. The second-order valence-electron chi connectivity index (χ2n) is 5.89. The number of likely N-dealkylation sites (tertiary alicyclic amines) is 1. The van der Waals surface area contributed by atoms with Gasteiger partial charge in [-0.2, -0.15) is 0 Å². The molecule has 2 aliphatic heterocycles. The van der Waals surface area contributed by atoms with E-state index in [9.17, 15) is 4.79 Å². The van der Waals surface area contributed by atoms with E-state index in [4.69, 9.17) is 4.74 Å². The van der Waals surface area contributed by atoms with Gasteiger partial charge in [0.2, 0.25) is 5.91 Å². The molecule has 2 saturated heterocycles. The van der Waals surface area contributed by atoms with E-state index >= 15 is 0 Å². The summed E-state index contributed by atoms with van der Waals surface area (Å²) in [5.74, 6) is 0.236. The number of hydrogen-bond acceptors (Lipinski definition) is 4. The molecule has 110 valence electrons. The van der Waals surface area contributed by atoms with E-state index in [1.807, 2.05) is 7.05 Å². The van der Waals surface area contributed by atoms with E-state index in [0.717, 1.165) is 39.0 Å². The third-order valence-electron chi connectivity index (χ3n) is 3.99. The zero-order valence-corrected chi connectivity index (χ0v) is 12.4. The predicted molar refractivity (Wildman–Crippen MR) is 75.1 cm³/mol. The van der Waals surface area contributed by atoms with Gasteiger partial charge < -0.3 is 15.0 Å². The smallest absolute Gasteiger partial charge is 0.236 e. The van der Waals surface area contributed by atoms with E-state index in [1.165, 1.54) is 0 Å². The van der Waals surface area contributed by atoms with Gasteiger partial charge in [0.15, 0.2) is 0 Å². The molecule has 0 spiro atoms. The van der Waals surface area contributed by atoms with Gasteiger partial charge in [0, 0.05) is 32.2 Å². The van der Waals surface area contributed by atoms with Gasteiger partial charge in [0.25, 0.3) is 0 Å². The maximum Gasteiger partial charge on any atom is 0.236 e. The average Bonchev–Trinajstić information content (AvgIpc) is 2.76. The number of morpholine rings is 1. The minimum Gasteiger partial charge on any atom is -0.373 e. The number of likely N-dealkylation sites (N-methyl/N-ethyl adjacent to an activating group) is 1. The number of amides is 1. The zero-order valence-electron chi connectivity index (χ0n) is 12.4. The van der Waals surface area contributed by atoms with Gasteiger partial charge in [-0.25, -0.2) is 0 Å². The second-order valence-corrected chi connectivity index (χ2v) is 5.89. The summed E-state index contributed by atoms with van der Waals surface area (Å²) in [5.41, 5.74) is 0. The highest BCUT2D eigenvalue weighted by Gasteiger charge is 2.31. The van der Waals surface area contributed by atoms with Crippen molar-refractivity contribution in [2.45, 2.75) is 44.9 Å². The molecule has 0 radical (unpaired) electrons. The van der Waals surface area contributed by atoms with Gasteiger partial charge in [-0.05, 0) is 33.7 Å². The van der Waals surface area contributed by atoms with Gasteiger partial charge in [0.1, 0.15) is 0 Å². The molecule has 0 aromatic carbocycles. The lowest BCUT2D eigenvalue weighted by atomic mass is 10.1. The van der Waals surface area contributed by atoms with E-state index in [0.29, 0.717) is 24.8 Å². The largest absolute Gasteiger partial charge is 0.373 e. The van der Waals surface area contributed by atoms with Crippen LogP contribution in [0.4, 0.5) is 0 Å². The van der Waals surface area contributed by atoms with Crippen molar-refractivity contribution in [2.75, 3.05) is 39.8 Å². The number of rotatable bonds is 4. The fourth-order valence-corrected chi connectivity index (χ4v) is 3.34. The molecule has 3 atom stereocenters. The number of hydrogen-bond donors (Lipinski definition) is 1. The highest BCUT2D eigenvalue weighted by atomic mass is 16.5. The third kappa shape index (κ3) is 3.91. The van der Waals surface area contributed by atoms with Gasteiger partial charge in [0.05, 0.1) is 18.8 Å². The van der Waals surface area contributed by atoms with Crippen molar-refractivity contribution in [3.05, 3.63) is 0 Å². The summed E-state index contributed by atoms with van der Waals surface area (Å²) in [6.07, 6.45) is 2.86. The second kappa shape index (κ2) is 6.68. The van der Waals surface area contributed by atoms with Gasteiger partial charge in [-0.15, -0.1) is 0 Å². The number of ether oxygens (including phenoxy) is 1. The van der Waals surface area contributed by atoms with Crippen molar-refractivity contribution in [3.8, 4) is 0 Å². The molecule has 0 aromatic rings.